The van der Waals surface area contributed by atoms with Gasteiger partial charge in [0.2, 0.25) is 0 Å². The highest BCUT2D eigenvalue weighted by Crippen LogP contribution is 2.18. The molecule has 0 aliphatic heterocycles. The number of nitrogens with zero attached hydrogens (tertiary/aromatic N) is 3. The SMILES string of the molecule is Cc1ccsc1CN(C)Cc1cc(=O)n2c(C)cccc2n1. The lowest BCUT2D eigenvalue weighted by Gasteiger charge is -2.16. The normalized spacial score (nSPS) is 11.5. The third kappa shape index (κ3) is 2.96. The molecule has 0 aromatic carbocycles. The van der Waals surface area contributed by atoms with Crippen molar-refractivity contribution < 1.29 is 0 Å². The Morgan fingerprint density at radius 1 is 1.23 bits per heavy atom. The zero-order chi connectivity index (χ0) is 15.7. The first-order valence-corrected chi connectivity index (χ1v) is 8.12. The fourth-order valence-electron chi connectivity index (χ4n) is 2.59. The van der Waals surface area contributed by atoms with Gasteiger partial charge in [-0.15, -0.1) is 11.3 Å². The highest BCUT2D eigenvalue weighted by atomic mass is 32.1. The Hall–Kier alpha value is -1.98. The molecule has 0 amide bonds. The number of thiophene rings is 1. The minimum Gasteiger partial charge on any atom is -0.295 e. The Bertz CT molecular complexity index is 866. The number of aryl methyl sites for hydroxylation is 2. The zero-order valence-electron chi connectivity index (χ0n) is 13.0. The van der Waals surface area contributed by atoms with E-state index in [9.17, 15) is 4.79 Å². The van der Waals surface area contributed by atoms with E-state index in [1.54, 1.807) is 21.8 Å². The van der Waals surface area contributed by atoms with E-state index in [4.69, 9.17) is 0 Å². The van der Waals surface area contributed by atoms with Crippen LogP contribution in [0.2, 0.25) is 0 Å². The van der Waals surface area contributed by atoms with Gasteiger partial charge in [0, 0.05) is 29.7 Å². The van der Waals surface area contributed by atoms with Crippen LogP contribution < -0.4 is 5.56 Å². The van der Waals surface area contributed by atoms with Crippen molar-refractivity contribution in [2.75, 3.05) is 7.05 Å². The molecule has 4 nitrogen and oxygen atoms in total. The summed E-state index contributed by atoms with van der Waals surface area (Å²) in [6.45, 7) is 5.58. The molecule has 0 aliphatic carbocycles. The second-order valence-corrected chi connectivity index (χ2v) is 6.65. The van der Waals surface area contributed by atoms with Gasteiger partial charge in [0.05, 0.1) is 5.69 Å². The van der Waals surface area contributed by atoms with Gasteiger partial charge >= 0.3 is 0 Å². The summed E-state index contributed by atoms with van der Waals surface area (Å²) in [5.41, 5.74) is 3.73. The van der Waals surface area contributed by atoms with E-state index in [-0.39, 0.29) is 5.56 Å². The first-order valence-electron chi connectivity index (χ1n) is 7.24. The molecule has 5 heteroatoms. The van der Waals surface area contributed by atoms with Gasteiger partial charge in [0.25, 0.3) is 5.56 Å². The summed E-state index contributed by atoms with van der Waals surface area (Å²) < 4.78 is 1.65. The maximum atomic E-state index is 12.3. The van der Waals surface area contributed by atoms with E-state index in [0.717, 1.165) is 17.9 Å². The molecule has 3 rings (SSSR count). The van der Waals surface area contributed by atoms with Gasteiger partial charge in [-0.2, -0.15) is 0 Å². The molecule has 3 heterocycles. The van der Waals surface area contributed by atoms with Crippen LogP contribution in [0.5, 0.6) is 0 Å². The minimum absolute atomic E-state index is 0.0150. The van der Waals surface area contributed by atoms with Crippen LogP contribution in [-0.4, -0.2) is 21.3 Å². The van der Waals surface area contributed by atoms with Crippen LogP contribution in [0.15, 0.2) is 40.5 Å². The summed E-state index contributed by atoms with van der Waals surface area (Å²) in [4.78, 5) is 20.4. The molecule has 0 aliphatic rings. The van der Waals surface area contributed by atoms with Gasteiger partial charge in [-0.3, -0.25) is 14.1 Å². The molecule has 0 atom stereocenters. The van der Waals surface area contributed by atoms with E-state index in [2.05, 4.69) is 35.3 Å². The van der Waals surface area contributed by atoms with Crippen molar-refractivity contribution in [1.82, 2.24) is 14.3 Å². The van der Waals surface area contributed by atoms with Crippen molar-refractivity contribution in [3.05, 3.63) is 67.9 Å². The van der Waals surface area contributed by atoms with E-state index in [0.29, 0.717) is 12.2 Å². The standard InChI is InChI=1S/C17H19N3OS/c1-12-7-8-22-15(12)11-19(3)10-14-9-17(21)20-13(2)5-4-6-16(20)18-14/h4-9H,10-11H2,1-3H3. The van der Waals surface area contributed by atoms with Crippen molar-refractivity contribution in [3.63, 3.8) is 0 Å². The Morgan fingerprint density at radius 2 is 2.05 bits per heavy atom. The Labute approximate surface area is 133 Å². The number of hydrogen-bond donors (Lipinski definition) is 0. The molecule has 114 valence electrons. The second kappa shape index (κ2) is 6.02. The van der Waals surface area contributed by atoms with Gasteiger partial charge < -0.3 is 0 Å². The molecule has 3 aromatic rings. The lowest BCUT2D eigenvalue weighted by Crippen LogP contribution is -2.22. The average molecular weight is 313 g/mol. The van der Waals surface area contributed by atoms with Crippen LogP contribution in [0.25, 0.3) is 5.65 Å². The fourth-order valence-corrected chi connectivity index (χ4v) is 3.57. The summed E-state index contributed by atoms with van der Waals surface area (Å²) in [6, 6.07) is 9.50. The summed E-state index contributed by atoms with van der Waals surface area (Å²) >= 11 is 1.77. The third-order valence-corrected chi connectivity index (χ3v) is 4.75. The van der Waals surface area contributed by atoms with Crippen LogP contribution >= 0.6 is 11.3 Å². The molecule has 0 bridgehead atoms. The van der Waals surface area contributed by atoms with Crippen LogP contribution in [0.3, 0.4) is 0 Å². The van der Waals surface area contributed by atoms with E-state index in [1.807, 2.05) is 25.1 Å². The lowest BCUT2D eigenvalue weighted by molar-refractivity contribution is 0.317. The molecule has 0 radical (unpaired) electrons. The number of rotatable bonds is 4. The number of fused-ring (bicyclic) bond motifs is 1. The molecule has 22 heavy (non-hydrogen) atoms. The summed E-state index contributed by atoms with van der Waals surface area (Å²) in [5, 5.41) is 2.11. The maximum absolute atomic E-state index is 12.3. The molecule has 3 aromatic heterocycles. The van der Waals surface area contributed by atoms with Gasteiger partial charge in [-0.25, -0.2) is 4.98 Å². The monoisotopic (exact) mass is 313 g/mol. The summed E-state index contributed by atoms with van der Waals surface area (Å²) in [6.07, 6.45) is 0. The van der Waals surface area contributed by atoms with Gasteiger partial charge in [-0.05, 0) is 50.0 Å². The Kier molecular flexibility index (Phi) is 4.09. The molecule has 0 unspecified atom stereocenters. The fraction of sp³-hybridized carbons (Fsp3) is 0.294. The highest BCUT2D eigenvalue weighted by Gasteiger charge is 2.09. The minimum atomic E-state index is -0.0150. The smallest absolute Gasteiger partial charge is 0.258 e. The Morgan fingerprint density at radius 3 is 2.77 bits per heavy atom. The predicted octanol–water partition coefficient (Wildman–Crippen LogP) is 3.00. The third-order valence-electron chi connectivity index (χ3n) is 3.75. The van der Waals surface area contributed by atoms with Crippen LogP contribution in [0.4, 0.5) is 0 Å². The molecule has 0 saturated heterocycles. The number of pyridine rings is 1. The van der Waals surface area contributed by atoms with Crippen LogP contribution in [0.1, 0.15) is 21.8 Å². The molecule has 0 fully saturated rings. The molecule has 0 N–H and O–H groups in total. The molecule has 0 saturated carbocycles. The Balaban J connectivity index is 1.85. The number of aromatic nitrogens is 2. The quantitative estimate of drug-likeness (QED) is 0.743. The first-order chi connectivity index (χ1) is 10.5. The van der Waals surface area contributed by atoms with Crippen molar-refractivity contribution in [1.29, 1.82) is 0 Å². The summed E-state index contributed by atoms with van der Waals surface area (Å²) in [5.74, 6) is 0. The van der Waals surface area contributed by atoms with Crippen molar-refractivity contribution in [2.45, 2.75) is 26.9 Å². The summed E-state index contributed by atoms with van der Waals surface area (Å²) in [7, 11) is 2.05. The first kappa shape index (κ1) is 14.9. The van der Waals surface area contributed by atoms with Gasteiger partial charge in [0.1, 0.15) is 5.65 Å². The molecular weight excluding hydrogens is 294 g/mol. The van der Waals surface area contributed by atoms with Crippen molar-refractivity contribution >= 4 is 17.0 Å². The van der Waals surface area contributed by atoms with Crippen LogP contribution in [0, 0.1) is 13.8 Å². The number of hydrogen-bond acceptors (Lipinski definition) is 4. The molecular formula is C17H19N3OS. The topological polar surface area (TPSA) is 37.6 Å². The lowest BCUT2D eigenvalue weighted by atomic mass is 10.2. The van der Waals surface area contributed by atoms with Crippen molar-refractivity contribution in [2.24, 2.45) is 0 Å². The maximum Gasteiger partial charge on any atom is 0.258 e. The predicted molar refractivity (Wildman–Crippen MR) is 90.4 cm³/mol. The zero-order valence-corrected chi connectivity index (χ0v) is 13.9. The van der Waals surface area contributed by atoms with Gasteiger partial charge in [-0.1, -0.05) is 6.07 Å². The largest absolute Gasteiger partial charge is 0.295 e. The van der Waals surface area contributed by atoms with Crippen LogP contribution in [-0.2, 0) is 13.1 Å². The van der Waals surface area contributed by atoms with E-state index >= 15 is 0 Å². The average Bonchev–Trinajstić information content (AvgIpc) is 2.83. The second-order valence-electron chi connectivity index (χ2n) is 5.65. The van der Waals surface area contributed by atoms with E-state index < -0.39 is 0 Å². The molecule has 0 spiro atoms. The highest BCUT2D eigenvalue weighted by molar-refractivity contribution is 7.10. The van der Waals surface area contributed by atoms with Crippen molar-refractivity contribution in [3.8, 4) is 0 Å². The van der Waals surface area contributed by atoms with Gasteiger partial charge in [0.15, 0.2) is 0 Å². The van der Waals surface area contributed by atoms with E-state index in [1.165, 1.54) is 10.4 Å².